The summed E-state index contributed by atoms with van der Waals surface area (Å²) in [6, 6.07) is 4.10. The zero-order valence-electron chi connectivity index (χ0n) is 13.2. The summed E-state index contributed by atoms with van der Waals surface area (Å²) in [6.45, 7) is 2.74. The van der Waals surface area contributed by atoms with Crippen molar-refractivity contribution in [3.05, 3.63) is 34.3 Å². The molecule has 0 unspecified atom stereocenters. The Hall–Kier alpha value is -1.59. The lowest BCUT2D eigenvalue weighted by atomic mass is 9.92. The van der Waals surface area contributed by atoms with Gasteiger partial charge >= 0.3 is 5.97 Å². The third kappa shape index (κ3) is 4.69. The maximum absolute atomic E-state index is 12.4. The molecule has 1 saturated carbocycles. The van der Waals surface area contributed by atoms with Crippen molar-refractivity contribution < 1.29 is 19.4 Å². The number of halogens is 1. The minimum Gasteiger partial charge on any atom is -0.478 e. The van der Waals surface area contributed by atoms with Crippen LogP contribution in [0.1, 0.15) is 59.7 Å². The van der Waals surface area contributed by atoms with E-state index in [9.17, 15) is 9.59 Å². The summed E-state index contributed by atoms with van der Waals surface area (Å²) in [7, 11) is 0. The fraction of sp³-hybridized carbons (Fsp3) is 0.529. The number of hydrogen-bond donors (Lipinski definition) is 2. The summed E-state index contributed by atoms with van der Waals surface area (Å²) in [5, 5.41) is 12.1. The Kier molecular flexibility index (Phi) is 6.42. The van der Waals surface area contributed by atoms with Crippen molar-refractivity contribution in [3.63, 3.8) is 0 Å². The van der Waals surface area contributed by atoms with Crippen LogP contribution in [0.25, 0.3) is 0 Å². The van der Waals surface area contributed by atoms with Gasteiger partial charge in [-0.2, -0.15) is 0 Å². The van der Waals surface area contributed by atoms with Crippen LogP contribution < -0.4 is 5.32 Å². The van der Waals surface area contributed by atoms with Gasteiger partial charge in [0.15, 0.2) is 0 Å². The number of ether oxygens (including phenoxy) is 1. The predicted molar refractivity (Wildman–Crippen MR) is 88.2 cm³/mol. The summed E-state index contributed by atoms with van der Waals surface area (Å²) in [6.07, 6.45) is 4.96. The van der Waals surface area contributed by atoms with E-state index in [4.69, 9.17) is 21.4 Å². The average molecular weight is 340 g/mol. The molecular formula is C17H22ClNO4. The minimum atomic E-state index is -1.07. The summed E-state index contributed by atoms with van der Waals surface area (Å²) in [4.78, 5) is 23.4. The monoisotopic (exact) mass is 339 g/mol. The van der Waals surface area contributed by atoms with Crippen molar-refractivity contribution in [1.82, 2.24) is 5.32 Å². The third-order valence-electron chi connectivity index (χ3n) is 4.02. The van der Waals surface area contributed by atoms with Gasteiger partial charge in [0.25, 0.3) is 5.91 Å². The molecule has 0 saturated heterocycles. The fourth-order valence-corrected chi connectivity index (χ4v) is 3.08. The molecule has 1 aliphatic carbocycles. The second kappa shape index (κ2) is 8.31. The molecule has 1 amide bonds. The van der Waals surface area contributed by atoms with Gasteiger partial charge in [0, 0.05) is 6.61 Å². The summed E-state index contributed by atoms with van der Waals surface area (Å²) >= 11 is 6.05. The van der Waals surface area contributed by atoms with Crippen LogP contribution >= 0.6 is 11.6 Å². The third-order valence-corrected chi connectivity index (χ3v) is 4.33. The van der Waals surface area contributed by atoms with E-state index in [1.165, 1.54) is 18.2 Å². The van der Waals surface area contributed by atoms with Crippen molar-refractivity contribution >= 4 is 23.5 Å². The van der Waals surface area contributed by atoms with E-state index in [0.717, 1.165) is 32.1 Å². The highest BCUT2D eigenvalue weighted by molar-refractivity contribution is 6.34. The Labute approximate surface area is 141 Å². The number of carbonyl (C=O) groups excluding carboxylic acids is 1. The van der Waals surface area contributed by atoms with Crippen molar-refractivity contribution in [2.45, 2.75) is 51.2 Å². The van der Waals surface area contributed by atoms with Crippen molar-refractivity contribution in [2.75, 3.05) is 6.61 Å². The highest BCUT2D eigenvalue weighted by Gasteiger charge is 2.28. The second-order valence-corrected chi connectivity index (χ2v) is 6.18. The van der Waals surface area contributed by atoms with Crippen LogP contribution in [0.5, 0.6) is 0 Å². The number of carbonyl (C=O) groups is 2. The number of carboxylic acids is 1. The number of rotatable bonds is 6. The number of nitrogens with one attached hydrogen (secondary N) is 1. The molecule has 126 valence electrons. The largest absolute Gasteiger partial charge is 0.478 e. The van der Waals surface area contributed by atoms with E-state index in [2.05, 4.69) is 12.2 Å². The van der Waals surface area contributed by atoms with Crippen molar-refractivity contribution in [1.29, 1.82) is 0 Å². The molecule has 0 heterocycles. The topological polar surface area (TPSA) is 75.6 Å². The molecule has 0 aromatic heterocycles. The summed E-state index contributed by atoms with van der Waals surface area (Å²) < 4.78 is 5.84. The molecule has 1 aromatic carbocycles. The first-order valence-electron chi connectivity index (χ1n) is 7.98. The van der Waals surface area contributed by atoms with Gasteiger partial charge in [0.05, 0.1) is 28.3 Å². The van der Waals surface area contributed by atoms with E-state index >= 15 is 0 Å². The second-order valence-electron chi connectivity index (χ2n) is 5.77. The SMILES string of the molecule is CCCO[C@@H]1CCCC[C@H]1NC(=O)c1ccc(C(=O)O)cc1Cl. The Balaban J connectivity index is 2.06. The molecule has 0 bridgehead atoms. The minimum absolute atomic E-state index is 0.0296. The maximum Gasteiger partial charge on any atom is 0.335 e. The van der Waals surface area contributed by atoms with Crippen LogP contribution in [0.2, 0.25) is 5.02 Å². The van der Waals surface area contributed by atoms with E-state index in [1.54, 1.807) is 0 Å². The first-order chi connectivity index (χ1) is 11.0. The van der Waals surface area contributed by atoms with Crippen LogP contribution in [0, 0.1) is 0 Å². The smallest absolute Gasteiger partial charge is 0.335 e. The number of hydrogen-bond acceptors (Lipinski definition) is 3. The number of amides is 1. The van der Waals surface area contributed by atoms with Crippen LogP contribution in [-0.4, -0.2) is 35.7 Å². The van der Waals surface area contributed by atoms with Gasteiger partial charge in [-0.3, -0.25) is 4.79 Å². The molecule has 2 atom stereocenters. The average Bonchev–Trinajstić information content (AvgIpc) is 2.53. The van der Waals surface area contributed by atoms with E-state index in [-0.39, 0.29) is 34.2 Å². The number of carboxylic acid groups (broad SMARTS) is 1. The molecule has 23 heavy (non-hydrogen) atoms. The Morgan fingerprint density at radius 3 is 2.74 bits per heavy atom. The Morgan fingerprint density at radius 2 is 2.09 bits per heavy atom. The highest BCUT2D eigenvalue weighted by Crippen LogP contribution is 2.23. The molecule has 0 spiro atoms. The zero-order chi connectivity index (χ0) is 16.8. The van der Waals surface area contributed by atoms with Gasteiger partial charge in [-0.15, -0.1) is 0 Å². The molecule has 2 N–H and O–H groups in total. The lowest BCUT2D eigenvalue weighted by molar-refractivity contribution is 0.00597. The fourth-order valence-electron chi connectivity index (χ4n) is 2.81. The molecule has 0 aliphatic heterocycles. The van der Waals surface area contributed by atoms with Crippen LogP contribution in [0.15, 0.2) is 18.2 Å². The summed E-state index contributed by atoms with van der Waals surface area (Å²) in [5.74, 6) is -1.36. The van der Waals surface area contributed by atoms with Crippen LogP contribution in [0.3, 0.4) is 0 Å². The molecular weight excluding hydrogens is 318 g/mol. The Morgan fingerprint density at radius 1 is 1.35 bits per heavy atom. The van der Waals surface area contributed by atoms with Crippen LogP contribution in [0.4, 0.5) is 0 Å². The lowest BCUT2D eigenvalue weighted by Crippen LogP contribution is -2.46. The summed E-state index contributed by atoms with van der Waals surface area (Å²) in [5.41, 5.74) is 0.352. The first-order valence-corrected chi connectivity index (χ1v) is 8.36. The highest BCUT2D eigenvalue weighted by atomic mass is 35.5. The molecule has 1 aromatic rings. The lowest BCUT2D eigenvalue weighted by Gasteiger charge is -2.32. The van der Waals surface area contributed by atoms with E-state index < -0.39 is 5.97 Å². The zero-order valence-corrected chi connectivity index (χ0v) is 13.9. The number of benzene rings is 1. The number of aromatic carboxylic acids is 1. The van der Waals surface area contributed by atoms with Crippen molar-refractivity contribution in [2.24, 2.45) is 0 Å². The molecule has 1 aliphatic rings. The van der Waals surface area contributed by atoms with Gasteiger partial charge < -0.3 is 15.2 Å². The van der Waals surface area contributed by atoms with Gasteiger partial charge in [0.2, 0.25) is 0 Å². The molecule has 2 rings (SSSR count). The van der Waals surface area contributed by atoms with Crippen molar-refractivity contribution in [3.8, 4) is 0 Å². The van der Waals surface area contributed by atoms with Gasteiger partial charge in [-0.1, -0.05) is 31.4 Å². The Bertz CT molecular complexity index is 576. The molecule has 6 heteroatoms. The predicted octanol–water partition coefficient (Wildman–Crippen LogP) is 3.51. The molecule has 0 radical (unpaired) electrons. The standard InChI is InChI=1S/C17H22ClNO4/c1-2-9-23-15-6-4-3-5-14(15)19-16(20)12-8-7-11(17(21)22)10-13(12)18/h7-8,10,14-15H,2-6,9H2,1H3,(H,19,20)(H,21,22)/t14-,15-/m1/s1. The quantitative estimate of drug-likeness (QED) is 0.831. The van der Waals surface area contributed by atoms with Gasteiger partial charge in [-0.05, 0) is 37.5 Å². The first kappa shape index (κ1) is 17.8. The maximum atomic E-state index is 12.4. The normalized spacial score (nSPS) is 21.0. The van der Waals surface area contributed by atoms with Crippen LogP contribution in [-0.2, 0) is 4.74 Å². The van der Waals surface area contributed by atoms with Gasteiger partial charge in [0.1, 0.15) is 0 Å². The van der Waals surface area contributed by atoms with E-state index in [1.807, 2.05) is 0 Å². The molecule has 1 fully saturated rings. The van der Waals surface area contributed by atoms with Gasteiger partial charge in [-0.25, -0.2) is 4.79 Å². The van der Waals surface area contributed by atoms with E-state index in [0.29, 0.717) is 6.61 Å². The molecule has 5 nitrogen and oxygen atoms in total.